The highest BCUT2D eigenvalue weighted by atomic mass is 35.5. The molecule has 0 aliphatic rings. The predicted molar refractivity (Wildman–Crippen MR) is 71.3 cm³/mol. The molecule has 0 saturated carbocycles. The first-order valence-electron chi connectivity index (χ1n) is 5.81. The summed E-state index contributed by atoms with van der Waals surface area (Å²) in [5, 5.41) is 10.4. The van der Waals surface area contributed by atoms with Crippen molar-refractivity contribution in [2.45, 2.75) is 13.0 Å². The molecule has 0 aliphatic carbocycles. The van der Waals surface area contributed by atoms with Crippen LogP contribution in [0.5, 0.6) is 5.75 Å². The summed E-state index contributed by atoms with van der Waals surface area (Å²) in [4.78, 5) is 13.7. The second kappa shape index (κ2) is 6.01. The first-order chi connectivity index (χ1) is 9.91. The maximum absolute atomic E-state index is 13.8. The monoisotopic (exact) mass is 314 g/mol. The fourth-order valence-electron chi connectivity index (χ4n) is 1.78. The van der Waals surface area contributed by atoms with E-state index in [0.29, 0.717) is 0 Å². The lowest BCUT2D eigenvalue weighted by Crippen LogP contribution is -2.09. The van der Waals surface area contributed by atoms with Crippen LogP contribution < -0.4 is 4.74 Å². The standard InChI is InChI=1S/C13H9ClF2N2O3/c1-7(11-8(15)4-5-9(16)12(11)14)21-10-3-2-6-17-13(10)18(19)20/h2-7H,1H3/t7-/m1/s1. The van der Waals surface area contributed by atoms with Crippen molar-refractivity contribution in [1.29, 1.82) is 0 Å². The molecular weight excluding hydrogens is 306 g/mol. The number of hydrogen-bond acceptors (Lipinski definition) is 4. The van der Waals surface area contributed by atoms with Crippen molar-refractivity contribution in [2.75, 3.05) is 0 Å². The van der Waals surface area contributed by atoms with Crippen molar-refractivity contribution < 1.29 is 18.4 Å². The topological polar surface area (TPSA) is 65.3 Å². The van der Waals surface area contributed by atoms with Gasteiger partial charge in [-0.3, -0.25) is 0 Å². The highest BCUT2D eigenvalue weighted by Crippen LogP contribution is 2.33. The van der Waals surface area contributed by atoms with Gasteiger partial charge in [-0.25, -0.2) is 8.78 Å². The molecule has 0 saturated heterocycles. The molecule has 0 fully saturated rings. The van der Waals surface area contributed by atoms with Crippen molar-refractivity contribution in [3.8, 4) is 5.75 Å². The minimum absolute atomic E-state index is 0.158. The molecule has 110 valence electrons. The zero-order valence-electron chi connectivity index (χ0n) is 10.7. The molecule has 0 N–H and O–H groups in total. The second-order valence-corrected chi connectivity index (χ2v) is 4.48. The summed E-state index contributed by atoms with van der Waals surface area (Å²) >= 11 is 5.72. The van der Waals surface area contributed by atoms with Crippen LogP contribution in [0, 0.1) is 21.7 Å². The van der Waals surface area contributed by atoms with E-state index in [0.717, 1.165) is 12.1 Å². The summed E-state index contributed by atoms with van der Waals surface area (Å²) in [6.07, 6.45) is 0.196. The molecule has 8 heteroatoms. The van der Waals surface area contributed by atoms with Gasteiger partial charge in [-0.05, 0) is 41.1 Å². The molecule has 1 aromatic carbocycles. The van der Waals surface area contributed by atoms with Gasteiger partial charge in [0.2, 0.25) is 5.75 Å². The third-order valence-corrected chi connectivity index (χ3v) is 3.10. The first kappa shape index (κ1) is 15.1. The zero-order chi connectivity index (χ0) is 15.6. The van der Waals surface area contributed by atoms with Crippen molar-refractivity contribution in [3.05, 3.63) is 62.8 Å². The molecule has 0 aliphatic heterocycles. The van der Waals surface area contributed by atoms with Gasteiger partial charge in [-0.2, -0.15) is 0 Å². The minimum Gasteiger partial charge on any atom is -0.478 e. The van der Waals surface area contributed by atoms with Gasteiger partial charge in [-0.1, -0.05) is 11.6 Å². The maximum atomic E-state index is 13.8. The number of pyridine rings is 1. The van der Waals surface area contributed by atoms with Crippen LogP contribution in [0.15, 0.2) is 30.5 Å². The Bertz CT molecular complexity index is 697. The number of ether oxygens (including phenoxy) is 1. The van der Waals surface area contributed by atoms with E-state index in [1.807, 2.05) is 0 Å². The molecule has 1 heterocycles. The molecule has 21 heavy (non-hydrogen) atoms. The number of aromatic nitrogens is 1. The Labute approximate surface area is 123 Å². The van der Waals surface area contributed by atoms with E-state index in [1.54, 1.807) is 0 Å². The van der Waals surface area contributed by atoms with Crippen LogP contribution in [-0.2, 0) is 0 Å². The van der Waals surface area contributed by atoms with Crippen molar-refractivity contribution in [2.24, 2.45) is 0 Å². The summed E-state index contributed by atoms with van der Waals surface area (Å²) < 4.78 is 32.5. The van der Waals surface area contributed by atoms with E-state index in [-0.39, 0.29) is 11.3 Å². The Hall–Kier alpha value is -2.28. The average Bonchev–Trinajstić information content (AvgIpc) is 2.43. The van der Waals surface area contributed by atoms with E-state index < -0.39 is 33.5 Å². The molecule has 0 unspecified atom stereocenters. The Morgan fingerprint density at radius 2 is 2.00 bits per heavy atom. The van der Waals surface area contributed by atoms with Crippen LogP contribution >= 0.6 is 11.6 Å². The second-order valence-electron chi connectivity index (χ2n) is 4.10. The molecule has 0 spiro atoms. The van der Waals surface area contributed by atoms with Gasteiger partial charge in [-0.15, -0.1) is 0 Å². The average molecular weight is 315 g/mol. The van der Waals surface area contributed by atoms with E-state index in [4.69, 9.17) is 16.3 Å². The largest absolute Gasteiger partial charge is 0.478 e. The van der Waals surface area contributed by atoms with Gasteiger partial charge in [0.25, 0.3) is 0 Å². The van der Waals surface area contributed by atoms with Gasteiger partial charge in [0.05, 0.1) is 5.02 Å². The van der Waals surface area contributed by atoms with E-state index in [1.165, 1.54) is 25.3 Å². The lowest BCUT2D eigenvalue weighted by Gasteiger charge is -2.16. The highest BCUT2D eigenvalue weighted by Gasteiger charge is 2.23. The number of rotatable bonds is 4. The lowest BCUT2D eigenvalue weighted by molar-refractivity contribution is -0.390. The van der Waals surface area contributed by atoms with Crippen LogP contribution in [0.1, 0.15) is 18.6 Å². The van der Waals surface area contributed by atoms with Gasteiger partial charge in [0.1, 0.15) is 23.9 Å². The Morgan fingerprint density at radius 1 is 1.33 bits per heavy atom. The van der Waals surface area contributed by atoms with Crippen LogP contribution in [-0.4, -0.2) is 9.91 Å². The van der Waals surface area contributed by atoms with Gasteiger partial charge < -0.3 is 14.9 Å². The van der Waals surface area contributed by atoms with Crippen molar-refractivity contribution >= 4 is 17.4 Å². The minimum atomic E-state index is -1.03. The fourth-order valence-corrected chi connectivity index (χ4v) is 2.08. The highest BCUT2D eigenvalue weighted by molar-refractivity contribution is 6.31. The molecule has 5 nitrogen and oxygen atoms in total. The summed E-state index contributed by atoms with van der Waals surface area (Å²) in [6.45, 7) is 1.40. The van der Waals surface area contributed by atoms with Crippen LogP contribution in [0.3, 0.4) is 0 Å². The predicted octanol–water partition coefficient (Wildman–Crippen LogP) is 4.06. The first-order valence-corrected chi connectivity index (χ1v) is 6.19. The zero-order valence-corrected chi connectivity index (χ0v) is 11.5. The van der Waals surface area contributed by atoms with Gasteiger partial charge in [0.15, 0.2) is 0 Å². The fraction of sp³-hybridized carbons (Fsp3) is 0.154. The number of benzene rings is 1. The lowest BCUT2D eigenvalue weighted by atomic mass is 10.1. The third kappa shape index (κ3) is 3.08. The maximum Gasteiger partial charge on any atom is 0.406 e. The summed E-state index contributed by atoms with van der Waals surface area (Å²) in [5.74, 6) is -2.24. The molecule has 1 aromatic heterocycles. The molecule has 2 aromatic rings. The quantitative estimate of drug-likeness (QED) is 0.485. The van der Waals surface area contributed by atoms with Crippen molar-refractivity contribution in [3.63, 3.8) is 0 Å². The number of nitro groups is 1. The molecular formula is C13H9ClF2N2O3. The molecule has 0 radical (unpaired) electrons. The summed E-state index contributed by atoms with van der Waals surface area (Å²) in [6, 6.07) is 4.54. The summed E-state index contributed by atoms with van der Waals surface area (Å²) in [5.41, 5.74) is -0.213. The van der Waals surface area contributed by atoms with Crippen LogP contribution in [0.25, 0.3) is 0 Å². The smallest absolute Gasteiger partial charge is 0.406 e. The van der Waals surface area contributed by atoms with Crippen LogP contribution in [0.4, 0.5) is 14.6 Å². The summed E-state index contributed by atoms with van der Waals surface area (Å²) in [7, 11) is 0. The third-order valence-electron chi connectivity index (χ3n) is 2.71. The van der Waals surface area contributed by atoms with Gasteiger partial charge >= 0.3 is 5.82 Å². The molecule has 1 atom stereocenters. The molecule has 0 bridgehead atoms. The number of nitrogens with zero attached hydrogens (tertiary/aromatic N) is 2. The Morgan fingerprint density at radius 3 is 2.67 bits per heavy atom. The molecule has 2 rings (SSSR count). The number of hydrogen-bond donors (Lipinski definition) is 0. The Kier molecular flexibility index (Phi) is 4.32. The van der Waals surface area contributed by atoms with Crippen LogP contribution in [0.2, 0.25) is 5.02 Å². The molecule has 0 amide bonds. The van der Waals surface area contributed by atoms with E-state index in [9.17, 15) is 18.9 Å². The van der Waals surface area contributed by atoms with Gasteiger partial charge in [0, 0.05) is 5.56 Å². The Balaban J connectivity index is 2.38. The normalized spacial score (nSPS) is 12.0. The van der Waals surface area contributed by atoms with E-state index in [2.05, 4.69) is 4.98 Å². The number of halogens is 3. The van der Waals surface area contributed by atoms with Crippen molar-refractivity contribution in [1.82, 2.24) is 4.98 Å². The SMILES string of the molecule is C[C@@H](Oc1cccnc1[N+](=O)[O-])c1c(F)ccc(F)c1Cl. The van der Waals surface area contributed by atoms with E-state index >= 15 is 0 Å².